The molecule has 0 N–H and O–H groups in total. The number of aromatic nitrogens is 1. The van der Waals surface area contributed by atoms with E-state index in [0.29, 0.717) is 0 Å². The van der Waals surface area contributed by atoms with Crippen molar-refractivity contribution in [1.29, 1.82) is 0 Å². The van der Waals surface area contributed by atoms with Crippen molar-refractivity contribution in [2.24, 2.45) is 0 Å². The van der Waals surface area contributed by atoms with Crippen LogP contribution in [-0.4, -0.2) is 4.57 Å². The molecule has 0 amide bonds. The van der Waals surface area contributed by atoms with Crippen LogP contribution in [-0.2, 0) is 0 Å². The van der Waals surface area contributed by atoms with Gasteiger partial charge in [0.2, 0.25) is 0 Å². The number of nitrogens with zero attached hydrogens (tertiary/aromatic N) is 2. The Morgan fingerprint density at radius 3 is 1.69 bits per heavy atom. The fourth-order valence-corrected chi connectivity index (χ4v) is 9.05. The third-order valence-corrected chi connectivity index (χ3v) is 11.6. The number of anilines is 3. The van der Waals surface area contributed by atoms with Crippen molar-refractivity contribution in [2.75, 3.05) is 4.90 Å². The average molecular weight is 743 g/mol. The number of para-hydroxylation sites is 5. The Hall–Kier alpha value is -7.82. The van der Waals surface area contributed by atoms with Gasteiger partial charge < -0.3 is 18.3 Å². The Kier molecular flexibility index (Phi) is 7.20. The predicted molar refractivity (Wildman–Crippen MR) is 241 cm³/mol. The van der Waals surface area contributed by atoms with Gasteiger partial charge in [-0.1, -0.05) is 127 Å². The lowest BCUT2D eigenvalue weighted by molar-refractivity contribution is 0.669. The maximum Gasteiger partial charge on any atom is 0.145 e. The van der Waals surface area contributed by atoms with E-state index in [1.807, 2.05) is 18.2 Å². The van der Waals surface area contributed by atoms with Crippen molar-refractivity contribution < 1.29 is 8.83 Å². The molecule has 0 fully saturated rings. The molecule has 4 heteroatoms. The highest BCUT2D eigenvalue weighted by Crippen LogP contribution is 2.47. The summed E-state index contributed by atoms with van der Waals surface area (Å²) < 4.78 is 15.5. The van der Waals surface area contributed by atoms with Crippen molar-refractivity contribution in [2.45, 2.75) is 0 Å². The lowest BCUT2D eigenvalue weighted by Gasteiger charge is -2.27. The maximum absolute atomic E-state index is 6.85. The molecule has 0 saturated heterocycles. The van der Waals surface area contributed by atoms with Crippen molar-refractivity contribution >= 4 is 82.7 Å². The molecule has 272 valence electrons. The van der Waals surface area contributed by atoms with Crippen LogP contribution in [0.1, 0.15) is 0 Å². The molecule has 0 radical (unpaired) electrons. The third-order valence-electron chi connectivity index (χ3n) is 11.6. The number of hydrogen-bond acceptors (Lipinski definition) is 3. The highest BCUT2D eigenvalue weighted by molar-refractivity contribution is 6.18. The number of hydrogen-bond donors (Lipinski definition) is 0. The second kappa shape index (κ2) is 12.9. The van der Waals surface area contributed by atoms with Gasteiger partial charge in [0.05, 0.1) is 22.1 Å². The number of benzene rings is 9. The van der Waals surface area contributed by atoms with Crippen LogP contribution in [0, 0.1) is 0 Å². The molecule has 12 rings (SSSR count). The highest BCUT2D eigenvalue weighted by atomic mass is 16.3. The molecule has 9 aromatic carbocycles. The summed E-state index contributed by atoms with van der Waals surface area (Å²) in [5.41, 5.74) is 14.5. The molecule has 4 nitrogen and oxygen atoms in total. The standard InChI is InChI=1S/C54H34N2O2/c1-2-15-37(16-3-1)55(39-17-12-14-36(34-39)40-22-13-27-51-52(40)44-20-6-10-25-49(44)57-51)48-33-32-41(54-53(48)45-21-7-11-26-50(45)58-54)35-28-30-38(31-29-35)56-46-23-8-4-18-42(46)43-19-5-9-24-47(43)56/h1-34H. The van der Waals surface area contributed by atoms with Gasteiger partial charge in [0.1, 0.15) is 22.3 Å². The second-order valence-corrected chi connectivity index (χ2v) is 14.8. The van der Waals surface area contributed by atoms with E-state index in [1.165, 1.54) is 21.8 Å². The van der Waals surface area contributed by atoms with E-state index in [2.05, 4.69) is 198 Å². The van der Waals surface area contributed by atoms with Gasteiger partial charge in [0.15, 0.2) is 0 Å². The molecule has 0 bridgehead atoms. The van der Waals surface area contributed by atoms with Gasteiger partial charge in [-0.2, -0.15) is 0 Å². The zero-order chi connectivity index (χ0) is 38.2. The molecule has 3 heterocycles. The largest absolute Gasteiger partial charge is 0.456 e. The Balaban J connectivity index is 1.03. The van der Waals surface area contributed by atoms with Gasteiger partial charge in [0.25, 0.3) is 0 Å². The van der Waals surface area contributed by atoms with Crippen LogP contribution in [0.3, 0.4) is 0 Å². The molecule has 58 heavy (non-hydrogen) atoms. The minimum Gasteiger partial charge on any atom is -0.456 e. The van der Waals surface area contributed by atoms with Gasteiger partial charge in [-0.15, -0.1) is 0 Å². The zero-order valence-electron chi connectivity index (χ0n) is 31.3. The van der Waals surface area contributed by atoms with Crippen LogP contribution in [0.4, 0.5) is 17.1 Å². The summed E-state index contributed by atoms with van der Waals surface area (Å²) in [6.07, 6.45) is 0. The summed E-state index contributed by atoms with van der Waals surface area (Å²) in [5.74, 6) is 0. The fourth-order valence-electron chi connectivity index (χ4n) is 9.05. The molecule has 3 aromatic heterocycles. The van der Waals surface area contributed by atoms with Gasteiger partial charge >= 0.3 is 0 Å². The summed E-state index contributed by atoms with van der Waals surface area (Å²) in [4.78, 5) is 2.36. The lowest BCUT2D eigenvalue weighted by atomic mass is 9.97. The lowest BCUT2D eigenvalue weighted by Crippen LogP contribution is -2.10. The first kappa shape index (κ1) is 32.4. The normalized spacial score (nSPS) is 11.8. The van der Waals surface area contributed by atoms with E-state index in [-0.39, 0.29) is 0 Å². The highest BCUT2D eigenvalue weighted by Gasteiger charge is 2.23. The Morgan fingerprint density at radius 2 is 0.948 bits per heavy atom. The third kappa shape index (κ3) is 4.95. The molecule has 0 atom stereocenters. The fraction of sp³-hybridized carbons (Fsp3) is 0. The number of furan rings is 2. The molecular formula is C54H34N2O2. The predicted octanol–water partition coefficient (Wildman–Crippen LogP) is 15.4. The zero-order valence-corrected chi connectivity index (χ0v) is 31.3. The van der Waals surface area contributed by atoms with E-state index in [0.717, 1.165) is 88.9 Å². The smallest absolute Gasteiger partial charge is 0.145 e. The average Bonchev–Trinajstić information content (AvgIpc) is 3.97. The van der Waals surface area contributed by atoms with Crippen LogP contribution in [0.25, 0.3) is 93.6 Å². The monoisotopic (exact) mass is 742 g/mol. The Morgan fingerprint density at radius 1 is 0.362 bits per heavy atom. The Labute approximate surface area is 334 Å². The van der Waals surface area contributed by atoms with Crippen LogP contribution in [0.2, 0.25) is 0 Å². The molecule has 12 aromatic rings. The van der Waals surface area contributed by atoms with Crippen molar-refractivity contribution in [3.05, 3.63) is 206 Å². The van der Waals surface area contributed by atoms with Gasteiger partial charge in [-0.25, -0.2) is 0 Å². The summed E-state index contributed by atoms with van der Waals surface area (Å²) in [6, 6.07) is 73.1. The van der Waals surface area contributed by atoms with Gasteiger partial charge in [-0.05, 0) is 95.6 Å². The molecule has 0 aliphatic rings. The minimum absolute atomic E-state index is 0.855. The van der Waals surface area contributed by atoms with E-state index >= 15 is 0 Å². The summed E-state index contributed by atoms with van der Waals surface area (Å²) in [5, 5.41) is 6.88. The van der Waals surface area contributed by atoms with Crippen molar-refractivity contribution in [1.82, 2.24) is 4.57 Å². The first-order valence-electron chi connectivity index (χ1n) is 19.7. The molecule has 0 saturated carbocycles. The minimum atomic E-state index is 0.855. The summed E-state index contributed by atoms with van der Waals surface area (Å²) >= 11 is 0. The van der Waals surface area contributed by atoms with Gasteiger partial charge in [0, 0.05) is 49.6 Å². The van der Waals surface area contributed by atoms with Crippen LogP contribution >= 0.6 is 0 Å². The van der Waals surface area contributed by atoms with Crippen LogP contribution < -0.4 is 4.90 Å². The maximum atomic E-state index is 6.85. The first-order valence-corrected chi connectivity index (χ1v) is 19.7. The second-order valence-electron chi connectivity index (χ2n) is 14.8. The van der Waals surface area contributed by atoms with Crippen LogP contribution in [0.15, 0.2) is 215 Å². The molecule has 0 aliphatic heterocycles. The number of rotatable bonds is 6. The SMILES string of the molecule is c1ccc(N(c2cccc(-c3cccc4oc5ccccc5c34)c2)c2ccc(-c3ccc(-n4c5ccccc5c5ccccc54)cc3)c3oc4ccccc4c23)cc1. The van der Waals surface area contributed by atoms with E-state index in [9.17, 15) is 0 Å². The quantitative estimate of drug-likeness (QED) is 0.170. The topological polar surface area (TPSA) is 34.5 Å². The van der Waals surface area contributed by atoms with Crippen molar-refractivity contribution in [3.8, 4) is 27.9 Å². The van der Waals surface area contributed by atoms with Crippen molar-refractivity contribution in [3.63, 3.8) is 0 Å². The molecule has 0 aliphatic carbocycles. The van der Waals surface area contributed by atoms with Gasteiger partial charge in [-0.3, -0.25) is 0 Å². The first-order chi connectivity index (χ1) is 28.8. The summed E-state index contributed by atoms with van der Waals surface area (Å²) in [6.45, 7) is 0. The Bertz CT molecular complexity index is 3460. The van der Waals surface area contributed by atoms with E-state index in [1.54, 1.807) is 0 Å². The van der Waals surface area contributed by atoms with E-state index < -0.39 is 0 Å². The molecule has 0 spiro atoms. The molecule has 0 unspecified atom stereocenters. The van der Waals surface area contributed by atoms with Crippen LogP contribution in [0.5, 0.6) is 0 Å². The molecular weight excluding hydrogens is 709 g/mol. The number of fused-ring (bicyclic) bond motifs is 9. The summed E-state index contributed by atoms with van der Waals surface area (Å²) in [7, 11) is 0. The van der Waals surface area contributed by atoms with E-state index in [4.69, 9.17) is 8.83 Å².